The predicted molar refractivity (Wildman–Crippen MR) is 86.3 cm³/mol. The van der Waals surface area contributed by atoms with Gasteiger partial charge in [-0.25, -0.2) is 4.98 Å². The highest BCUT2D eigenvalue weighted by molar-refractivity contribution is 5.50. The van der Waals surface area contributed by atoms with Gasteiger partial charge in [-0.05, 0) is 50.5 Å². The van der Waals surface area contributed by atoms with Crippen LogP contribution in [-0.2, 0) is 6.42 Å². The van der Waals surface area contributed by atoms with Crippen molar-refractivity contribution in [3.8, 4) is 0 Å². The Balaban J connectivity index is 2.06. The van der Waals surface area contributed by atoms with Gasteiger partial charge in [0.2, 0.25) is 0 Å². The van der Waals surface area contributed by atoms with Crippen LogP contribution in [0.25, 0.3) is 0 Å². The highest BCUT2D eigenvalue weighted by atomic mass is 15.2. The number of hydrogen-bond acceptors (Lipinski definition) is 3. The van der Waals surface area contributed by atoms with E-state index in [-0.39, 0.29) is 0 Å². The van der Waals surface area contributed by atoms with Crippen LogP contribution in [0.3, 0.4) is 0 Å². The molecule has 2 N–H and O–H groups in total. The van der Waals surface area contributed by atoms with Crippen LogP contribution in [0.5, 0.6) is 0 Å². The van der Waals surface area contributed by atoms with Crippen molar-refractivity contribution in [2.24, 2.45) is 0 Å². The summed E-state index contributed by atoms with van der Waals surface area (Å²) in [6.07, 6.45) is 1.02. The Kier molecular flexibility index (Phi) is 4.28. The number of nitrogens with two attached hydrogens (primary N) is 1. The highest BCUT2D eigenvalue weighted by Crippen LogP contribution is 2.16. The number of pyridine rings is 1. The Bertz CT molecular complexity index is 605. The molecule has 0 aliphatic carbocycles. The molecule has 106 valence electrons. The quantitative estimate of drug-likeness (QED) is 0.926. The van der Waals surface area contributed by atoms with Gasteiger partial charge in [0.15, 0.2) is 0 Å². The third-order valence-corrected chi connectivity index (χ3v) is 3.72. The third kappa shape index (κ3) is 3.29. The summed E-state index contributed by atoms with van der Waals surface area (Å²) in [5.74, 6) is 0.974. The minimum absolute atomic E-state index is 0.747. The molecule has 20 heavy (non-hydrogen) atoms. The van der Waals surface area contributed by atoms with Crippen molar-refractivity contribution in [1.82, 2.24) is 4.98 Å². The predicted octanol–water partition coefficient (Wildman–Crippen LogP) is 3.27. The fraction of sp³-hybridized carbons (Fsp3) is 0.353. The molecule has 0 atom stereocenters. The van der Waals surface area contributed by atoms with E-state index in [1.165, 1.54) is 16.7 Å². The van der Waals surface area contributed by atoms with Gasteiger partial charge in [0.1, 0.15) is 5.82 Å². The number of likely N-dealkylation sites (N-methyl/N-ethyl adjacent to an activating group) is 1. The monoisotopic (exact) mass is 269 g/mol. The van der Waals surface area contributed by atoms with E-state index in [2.05, 4.69) is 49.0 Å². The van der Waals surface area contributed by atoms with Gasteiger partial charge in [-0.15, -0.1) is 0 Å². The van der Waals surface area contributed by atoms with Crippen molar-refractivity contribution in [1.29, 1.82) is 0 Å². The van der Waals surface area contributed by atoms with Crippen molar-refractivity contribution < 1.29 is 0 Å². The van der Waals surface area contributed by atoms with Gasteiger partial charge < -0.3 is 10.6 Å². The Morgan fingerprint density at radius 2 is 1.85 bits per heavy atom. The minimum Gasteiger partial charge on any atom is -0.397 e. The van der Waals surface area contributed by atoms with E-state index in [4.69, 9.17) is 5.73 Å². The zero-order valence-electron chi connectivity index (χ0n) is 12.8. The first kappa shape index (κ1) is 14.4. The molecule has 0 bridgehead atoms. The van der Waals surface area contributed by atoms with Crippen molar-refractivity contribution in [2.45, 2.75) is 27.2 Å². The summed E-state index contributed by atoms with van der Waals surface area (Å²) in [5.41, 5.74) is 11.5. The molecule has 0 radical (unpaired) electrons. The zero-order chi connectivity index (χ0) is 14.7. The standard InChI is InChI=1S/C17H23N3/c1-12-5-6-13(2)15(11-12)9-10-20(4)17-8-7-16(18)14(3)19-17/h5-8,11H,9-10,18H2,1-4H3. The molecule has 3 heteroatoms. The summed E-state index contributed by atoms with van der Waals surface area (Å²) in [5, 5.41) is 0. The molecule has 0 amide bonds. The smallest absolute Gasteiger partial charge is 0.128 e. The molecule has 0 saturated heterocycles. The van der Waals surface area contributed by atoms with Gasteiger partial charge in [0.05, 0.1) is 11.4 Å². The van der Waals surface area contributed by atoms with E-state index < -0.39 is 0 Å². The van der Waals surface area contributed by atoms with E-state index in [0.717, 1.165) is 30.2 Å². The molecule has 1 aromatic carbocycles. The van der Waals surface area contributed by atoms with Crippen LogP contribution in [0.1, 0.15) is 22.4 Å². The van der Waals surface area contributed by atoms with Crippen LogP contribution in [0, 0.1) is 20.8 Å². The number of aromatic nitrogens is 1. The van der Waals surface area contributed by atoms with Crippen molar-refractivity contribution >= 4 is 11.5 Å². The maximum atomic E-state index is 5.81. The number of hydrogen-bond donors (Lipinski definition) is 1. The molecular weight excluding hydrogens is 246 g/mol. The Morgan fingerprint density at radius 3 is 2.55 bits per heavy atom. The molecule has 1 aromatic heterocycles. The molecule has 0 unspecified atom stereocenters. The second-order valence-corrected chi connectivity index (χ2v) is 5.45. The molecule has 2 aromatic rings. The van der Waals surface area contributed by atoms with Crippen molar-refractivity contribution in [3.05, 3.63) is 52.7 Å². The van der Waals surface area contributed by atoms with Gasteiger partial charge in [-0.3, -0.25) is 0 Å². The van der Waals surface area contributed by atoms with Crippen LogP contribution in [0.15, 0.2) is 30.3 Å². The second kappa shape index (κ2) is 5.95. The van der Waals surface area contributed by atoms with E-state index >= 15 is 0 Å². The van der Waals surface area contributed by atoms with E-state index in [1.807, 2.05) is 19.1 Å². The van der Waals surface area contributed by atoms with Crippen LogP contribution in [0.2, 0.25) is 0 Å². The average molecular weight is 269 g/mol. The number of benzene rings is 1. The molecule has 3 nitrogen and oxygen atoms in total. The average Bonchev–Trinajstić information content (AvgIpc) is 2.42. The van der Waals surface area contributed by atoms with Gasteiger partial charge >= 0.3 is 0 Å². The molecule has 0 saturated carbocycles. The summed E-state index contributed by atoms with van der Waals surface area (Å²) < 4.78 is 0. The topological polar surface area (TPSA) is 42.1 Å². The summed E-state index contributed by atoms with van der Waals surface area (Å²) in [7, 11) is 2.07. The molecule has 1 heterocycles. The lowest BCUT2D eigenvalue weighted by atomic mass is 10.0. The lowest BCUT2D eigenvalue weighted by molar-refractivity contribution is 0.852. The van der Waals surface area contributed by atoms with Crippen LogP contribution >= 0.6 is 0 Å². The van der Waals surface area contributed by atoms with E-state index in [1.54, 1.807) is 0 Å². The fourth-order valence-corrected chi connectivity index (χ4v) is 2.24. The molecule has 0 spiro atoms. The minimum atomic E-state index is 0.747. The number of nitrogens with zero attached hydrogens (tertiary/aromatic N) is 2. The van der Waals surface area contributed by atoms with E-state index in [9.17, 15) is 0 Å². The zero-order valence-corrected chi connectivity index (χ0v) is 12.8. The van der Waals surface area contributed by atoms with Crippen molar-refractivity contribution in [3.63, 3.8) is 0 Å². The number of nitrogen functional groups attached to an aromatic ring is 1. The lowest BCUT2D eigenvalue weighted by Crippen LogP contribution is -2.22. The summed E-state index contributed by atoms with van der Waals surface area (Å²) in [6, 6.07) is 10.5. The first-order valence-electron chi connectivity index (χ1n) is 6.98. The lowest BCUT2D eigenvalue weighted by Gasteiger charge is -2.19. The van der Waals surface area contributed by atoms with Crippen LogP contribution in [0.4, 0.5) is 11.5 Å². The first-order valence-corrected chi connectivity index (χ1v) is 6.98. The summed E-state index contributed by atoms with van der Waals surface area (Å²) in [4.78, 5) is 6.70. The van der Waals surface area contributed by atoms with Crippen LogP contribution in [-0.4, -0.2) is 18.6 Å². The molecule has 2 rings (SSSR count). The number of rotatable bonds is 4. The molecular formula is C17H23N3. The maximum absolute atomic E-state index is 5.81. The highest BCUT2D eigenvalue weighted by Gasteiger charge is 2.06. The number of anilines is 2. The summed E-state index contributed by atoms with van der Waals surface area (Å²) in [6.45, 7) is 7.19. The Morgan fingerprint density at radius 1 is 1.10 bits per heavy atom. The van der Waals surface area contributed by atoms with Gasteiger partial charge in [0, 0.05) is 13.6 Å². The Hall–Kier alpha value is -2.03. The summed E-state index contributed by atoms with van der Waals surface area (Å²) >= 11 is 0. The van der Waals surface area contributed by atoms with Gasteiger partial charge in [0.25, 0.3) is 0 Å². The third-order valence-electron chi connectivity index (χ3n) is 3.72. The van der Waals surface area contributed by atoms with Crippen LogP contribution < -0.4 is 10.6 Å². The molecule has 0 aliphatic heterocycles. The Labute approximate surface area is 121 Å². The molecule has 0 aliphatic rings. The number of aryl methyl sites for hydroxylation is 3. The first-order chi connectivity index (χ1) is 9.47. The normalized spacial score (nSPS) is 10.6. The second-order valence-electron chi connectivity index (χ2n) is 5.45. The van der Waals surface area contributed by atoms with Gasteiger partial charge in [-0.1, -0.05) is 23.8 Å². The fourth-order valence-electron chi connectivity index (χ4n) is 2.24. The maximum Gasteiger partial charge on any atom is 0.128 e. The van der Waals surface area contributed by atoms with Gasteiger partial charge in [-0.2, -0.15) is 0 Å². The molecule has 0 fully saturated rings. The SMILES string of the molecule is Cc1ccc(C)c(CCN(C)c2ccc(N)c(C)n2)c1. The van der Waals surface area contributed by atoms with Crippen molar-refractivity contribution in [2.75, 3.05) is 24.2 Å². The largest absolute Gasteiger partial charge is 0.397 e. The van der Waals surface area contributed by atoms with E-state index in [0.29, 0.717) is 0 Å².